The monoisotopic (exact) mass is 424 g/mol. The molecule has 1 N–H and O–H groups in total. The van der Waals surface area contributed by atoms with Crippen LogP contribution in [0.1, 0.15) is 10.4 Å². The Bertz CT molecular complexity index is 600. The van der Waals surface area contributed by atoms with Gasteiger partial charge >= 0.3 is 0 Å². The van der Waals surface area contributed by atoms with E-state index in [1.165, 1.54) is 4.31 Å². The van der Waals surface area contributed by atoms with E-state index in [0.29, 0.717) is 31.9 Å². The van der Waals surface area contributed by atoms with Crippen molar-refractivity contribution in [3.63, 3.8) is 0 Å². The van der Waals surface area contributed by atoms with Crippen LogP contribution in [-0.4, -0.2) is 57.2 Å². The topological polar surface area (TPSA) is 75.7 Å². The molecule has 0 unspecified atom stereocenters. The average molecular weight is 424 g/mol. The molecule has 1 saturated heterocycles. The molecule has 2 rings (SSSR count). The van der Waals surface area contributed by atoms with Crippen LogP contribution in [0.25, 0.3) is 0 Å². The summed E-state index contributed by atoms with van der Waals surface area (Å²) in [6.07, 6.45) is 0. The highest BCUT2D eigenvalue weighted by Gasteiger charge is 2.24. The van der Waals surface area contributed by atoms with Gasteiger partial charge in [0.15, 0.2) is 0 Å². The fourth-order valence-electron chi connectivity index (χ4n) is 1.99. The second-order valence-electron chi connectivity index (χ2n) is 4.56. The van der Waals surface area contributed by atoms with Crippen LogP contribution in [0.5, 0.6) is 0 Å². The summed E-state index contributed by atoms with van der Waals surface area (Å²) in [5.41, 5.74) is 0.557. The van der Waals surface area contributed by atoms with Gasteiger partial charge in [0.1, 0.15) is 0 Å². The molecule has 1 aromatic carbocycles. The Balaban J connectivity index is 1.86. The number of morpholine rings is 1. The predicted molar refractivity (Wildman–Crippen MR) is 87.7 cm³/mol. The van der Waals surface area contributed by atoms with Crippen molar-refractivity contribution in [3.05, 3.63) is 33.4 Å². The van der Waals surface area contributed by atoms with Gasteiger partial charge in [-0.15, -0.1) is 0 Å². The normalized spacial score (nSPS) is 16.6. The van der Waals surface area contributed by atoms with Crippen LogP contribution in [-0.2, 0) is 14.8 Å². The number of benzene rings is 1. The molecule has 1 amide bonds. The van der Waals surface area contributed by atoms with E-state index in [1.807, 2.05) is 12.1 Å². The lowest BCUT2D eigenvalue weighted by atomic mass is 10.2. The largest absolute Gasteiger partial charge is 0.379 e. The number of sulfonamides is 1. The lowest BCUT2D eigenvalue weighted by molar-refractivity contribution is 0.0730. The Hall–Kier alpha value is -0.710. The zero-order valence-corrected chi connectivity index (χ0v) is 14.4. The molecule has 0 atom stereocenters. The van der Waals surface area contributed by atoms with Crippen LogP contribution < -0.4 is 5.32 Å². The first kappa shape index (κ1) is 16.7. The van der Waals surface area contributed by atoms with Crippen molar-refractivity contribution in [1.82, 2.24) is 9.62 Å². The second kappa shape index (κ2) is 7.52. The highest BCUT2D eigenvalue weighted by Crippen LogP contribution is 2.11. The van der Waals surface area contributed by atoms with Crippen molar-refractivity contribution in [2.45, 2.75) is 0 Å². The average Bonchev–Trinajstić information content (AvgIpc) is 2.48. The Kier molecular flexibility index (Phi) is 5.97. The van der Waals surface area contributed by atoms with Crippen LogP contribution in [0, 0.1) is 3.57 Å². The van der Waals surface area contributed by atoms with Gasteiger partial charge in [-0.2, -0.15) is 4.31 Å². The standard InChI is InChI=1S/C13H17IN2O4S/c14-12-4-2-1-3-11(12)13(17)15-5-10-21(18,19)16-6-8-20-9-7-16/h1-4H,5-10H2,(H,15,17). The summed E-state index contributed by atoms with van der Waals surface area (Å²) >= 11 is 2.08. The molecule has 0 bridgehead atoms. The van der Waals surface area contributed by atoms with Gasteiger partial charge in [0, 0.05) is 23.2 Å². The maximum Gasteiger partial charge on any atom is 0.252 e. The van der Waals surface area contributed by atoms with Crippen molar-refractivity contribution in [3.8, 4) is 0 Å². The van der Waals surface area contributed by atoms with Gasteiger partial charge < -0.3 is 10.1 Å². The molecule has 0 aliphatic carbocycles. The van der Waals surface area contributed by atoms with Crippen molar-refractivity contribution in [1.29, 1.82) is 0 Å². The van der Waals surface area contributed by atoms with Gasteiger partial charge in [0.2, 0.25) is 10.0 Å². The molecule has 1 aliphatic rings. The van der Waals surface area contributed by atoms with E-state index in [0.717, 1.165) is 3.57 Å². The molecule has 116 valence electrons. The van der Waals surface area contributed by atoms with E-state index in [-0.39, 0.29) is 18.2 Å². The maximum absolute atomic E-state index is 12.1. The van der Waals surface area contributed by atoms with Crippen molar-refractivity contribution < 1.29 is 17.9 Å². The number of amides is 1. The molecular formula is C13H17IN2O4S. The minimum Gasteiger partial charge on any atom is -0.379 e. The summed E-state index contributed by atoms with van der Waals surface area (Å²) in [4.78, 5) is 12.0. The van der Waals surface area contributed by atoms with Crippen molar-refractivity contribution >= 4 is 38.5 Å². The molecule has 0 saturated carbocycles. The molecule has 0 aromatic heterocycles. The molecule has 0 spiro atoms. The number of hydrogen-bond donors (Lipinski definition) is 1. The summed E-state index contributed by atoms with van der Waals surface area (Å²) < 4.78 is 31.6. The zero-order valence-electron chi connectivity index (χ0n) is 11.4. The van der Waals surface area contributed by atoms with E-state index < -0.39 is 10.0 Å². The lowest BCUT2D eigenvalue weighted by Crippen LogP contribution is -2.43. The third kappa shape index (κ3) is 4.63. The van der Waals surface area contributed by atoms with Crippen molar-refractivity contribution in [2.24, 2.45) is 0 Å². The Morgan fingerprint density at radius 1 is 1.29 bits per heavy atom. The lowest BCUT2D eigenvalue weighted by Gasteiger charge is -2.26. The van der Waals surface area contributed by atoms with Crippen LogP contribution in [0.2, 0.25) is 0 Å². The fourth-order valence-corrected chi connectivity index (χ4v) is 3.94. The summed E-state index contributed by atoms with van der Waals surface area (Å²) in [6.45, 7) is 1.71. The van der Waals surface area contributed by atoms with Gasteiger partial charge in [-0.25, -0.2) is 8.42 Å². The molecule has 1 fully saturated rings. The Labute approximate surface area is 138 Å². The molecule has 1 aromatic rings. The third-order valence-electron chi connectivity index (χ3n) is 3.13. The highest BCUT2D eigenvalue weighted by molar-refractivity contribution is 14.1. The van der Waals surface area contributed by atoms with E-state index >= 15 is 0 Å². The molecular weight excluding hydrogens is 407 g/mol. The fraction of sp³-hybridized carbons (Fsp3) is 0.462. The van der Waals surface area contributed by atoms with Gasteiger partial charge in [0.05, 0.1) is 24.5 Å². The summed E-state index contributed by atoms with van der Waals surface area (Å²) in [7, 11) is -3.33. The van der Waals surface area contributed by atoms with Crippen molar-refractivity contribution in [2.75, 3.05) is 38.6 Å². The van der Waals surface area contributed by atoms with Gasteiger partial charge in [-0.1, -0.05) is 12.1 Å². The summed E-state index contributed by atoms with van der Waals surface area (Å²) in [5, 5.41) is 2.65. The Morgan fingerprint density at radius 3 is 2.62 bits per heavy atom. The molecule has 1 heterocycles. The zero-order chi connectivity index (χ0) is 15.3. The quantitative estimate of drug-likeness (QED) is 0.706. The maximum atomic E-state index is 12.1. The number of halogens is 1. The van der Waals surface area contributed by atoms with Gasteiger partial charge in [-0.05, 0) is 34.7 Å². The van der Waals surface area contributed by atoms with Crippen LogP contribution in [0.4, 0.5) is 0 Å². The minimum absolute atomic E-state index is 0.0951. The highest BCUT2D eigenvalue weighted by atomic mass is 127. The number of carbonyl (C=O) groups is 1. The molecule has 8 heteroatoms. The first-order valence-corrected chi connectivity index (χ1v) is 9.28. The van der Waals surface area contributed by atoms with E-state index in [9.17, 15) is 13.2 Å². The summed E-state index contributed by atoms with van der Waals surface area (Å²) in [6, 6.07) is 7.18. The number of rotatable bonds is 5. The van der Waals surface area contributed by atoms with Crippen LogP contribution in [0.3, 0.4) is 0 Å². The van der Waals surface area contributed by atoms with Crippen LogP contribution in [0.15, 0.2) is 24.3 Å². The molecule has 21 heavy (non-hydrogen) atoms. The summed E-state index contributed by atoms with van der Waals surface area (Å²) in [5.74, 6) is -0.348. The number of ether oxygens (including phenoxy) is 1. The third-order valence-corrected chi connectivity index (χ3v) is 5.94. The number of nitrogens with zero attached hydrogens (tertiary/aromatic N) is 1. The smallest absolute Gasteiger partial charge is 0.252 e. The van der Waals surface area contributed by atoms with E-state index in [4.69, 9.17) is 4.74 Å². The van der Waals surface area contributed by atoms with Gasteiger partial charge in [-0.3, -0.25) is 4.79 Å². The van der Waals surface area contributed by atoms with Gasteiger partial charge in [0.25, 0.3) is 5.91 Å². The van der Waals surface area contributed by atoms with Crippen LogP contribution >= 0.6 is 22.6 Å². The molecule has 0 radical (unpaired) electrons. The SMILES string of the molecule is O=C(NCCS(=O)(=O)N1CCOCC1)c1ccccc1I. The number of hydrogen-bond acceptors (Lipinski definition) is 4. The minimum atomic E-state index is -3.33. The molecule has 6 nitrogen and oxygen atoms in total. The molecule has 1 aliphatic heterocycles. The first-order valence-electron chi connectivity index (χ1n) is 6.59. The first-order chi connectivity index (χ1) is 10.0. The van der Waals surface area contributed by atoms with E-state index in [1.54, 1.807) is 12.1 Å². The van der Waals surface area contributed by atoms with E-state index in [2.05, 4.69) is 27.9 Å². The second-order valence-corrected chi connectivity index (χ2v) is 7.81. The number of carbonyl (C=O) groups excluding carboxylic acids is 1. The predicted octanol–water partition coefficient (Wildman–Crippen LogP) is 0.683. The number of nitrogens with one attached hydrogen (secondary N) is 1. The Morgan fingerprint density at radius 2 is 1.95 bits per heavy atom.